The van der Waals surface area contributed by atoms with Crippen molar-refractivity contribution in [3.63, 3.8) is 0 Å². The van der Waals surface area contributed by atoms with Crippen molar-refractivity contribution in [2.45, 2.75) is 39.0 Å². The third kappa shape index (κ3) is 3.98. The van der Waals surface area contributed by atoms with E-state index in [1.54, 1.807) is 5.48 Å². The predicted octanol–water partition coefficient (Wildman–Crippen LogP) is 3.97. The average Bonchev–Trinajstić information content (AvgIpc) is 2.91. The minimum absolute atomic E-state index is 0.00261. The maximum Gasteiger partial charge on any atom is 0.243 e. The number of ether oxygens (including phenoxy) is 1. The molecule has 0 aliphatic heterocycles. The van der Waals surface area contributed by atoms with Crippen molar-refractivity contribution in [1.29, 1.82) is 0 Å². The molecular weight excluding hydrogens is 278 g/mol. The number of amides is 1. The molecule has 0 bridgehead atoms. The number of hydroxylamine groups is 1. The summed E-state index contributed by atoms with van der Waals surface area (Å²) in [5, 5.41) is 8.67. The lowest BCUT2D eigenvalue weighted by molar-refractivity contribution is -0.129. The summed E-state index contributed by atoms with van der Waals surface area (Å²) in [7, 11) is 0. The minimum atomic E-state index is -0.383. The molecule has 2 N–H and O–H groups in total. The fraction of sp³-hybridized carbons (Fsp3) is 0.389. The van der Waals surface area contributed by atoms with Gasteiger partial charge in [-0.2, -0.15) is 0 Å². The third-order valence-corrected chi connectivity index (χ3v) is 3.81. The van der Waals surface area contributed by atoms with Gasteiger partial charge in [0.2, 0.25) is 5.91 Å². The molecule has 1 amide bonds. The van der Waals surface area contributed by atoms with E-state index in [2.05, 4.69) is 13.0 Å². The highest BCUT2D eigenvalue weighted by Gasteiger charge is 2.14. The first kappa shape index (κ1) is 16.3. The number of hydrogen-bond donors (Lipinski definition) is 2. The van der Waals surface area contributed by atoms with Gasteiger partial charge < -0.3 is 4.74 Å². The van der Waals surface area contributed by atoms with E-state index < -0.39 is 0 Å². The van der Waals surface area contributed by atoms with Crippen LogP contribution in [0.1, 0.15) is 44.6 Å². The molecule has 0 saturated heterocycles. The molecule has 0 aromatic carbocycles. The molecule has 2 rings (SSSR count). The summed E-state index contributed by atoms with van der Waals surface area (Å²) in [5.41, 5.74) is 4.91. The fourth-order valence-electron chi connectivity index (χ4n) is 2.46. The van der Waals surface area contributed by atoms with Gasteiger partial charge in [-0.05, 0) is 29.5 Å². The van der Waals surface area contributed by atoms with Gasteiger partial charge in [0.1, 0.15) is 5.75 Å². The largest absolute Gasteiger partial charge is 0.493 e. The molecule has 2 aliphatic rings. The van der Waals surface area contributed by atoms with E-state index in [0.29, 0.717) is 6.61 Å². The lowest BCUT2D eigenvalue weighted by atomic mass is 9.99. The van der Waals surface area contributed by atoms with Crippen LogP contribution in [0, 0.1) is 0 Å². The van der Waals surface area contributed by atoms with Crippen LogP contribution in [0.15, 0.2) is 36.4 Å². The number of fused-ring (bicyclic) bond motifs is 1. The molecule has 118 valence electrons. The van der Waals surface area contributed by atoms with Crippen LogP contribution in [-0.2, 0) is 4.79 Å². The second kappa shape index (κ2) is 7.80. The summed E-state index contributed by atoms with van der Waals surface area (Å²) in [6.07, 6.45) is 2.33. The SMILES string of the molecule is CCCCOc1cc(C(C)CC(=O)NO)ccc2cccc1-2. The van der Waals surface area contributed by atoms with E-state index in [-0.39, 0.29) is 18.2 Å². The Morgan fingerprint density at radius 2 is 2.14 bits per heavy atom. The normalized spacial score (nSPS) is 12.1. The van der Waals surface area contributed by atoms with E-state index in [1.807, 2.05) is 37.3 Å². The van der Waals surface area contributed by atoms with E-state index in [1.165, 1.54) is 0 Å². The molecule has 0 fully saturated rings. The first-order valence-corrected chi connectivity index (χ1v) is 7.74. The second-order valence-corrected chi connectivity index (χ2v) is 5.58. The van der Waals surface area contributed by atoms with Gasteiger partial charge >= 0.3 is 0 Å². The molecule has 0 radical (unpaired) electrons. The molecule has 0 saturated carbocycles. The quantitative estimate of drug-likeness (QED) is 0.462. The number of carbonyl (C=O) groups is 1. The average molecular weight is 301 g/mol. The summed E-state index contributed by atoms with van der Waals surface area (Å²) in [5.74, 6) is 0.466. The number of hydrogen-bond acceptors (Lipinski definition) is 3. The van der Waals surface area contributed by atoms with Crippen molar-refractivity contribution in [2.24, 2.45) is 0 Å². The third-order valence-electron chi connectivity index (χ3n) is 3.81. The van der Waals surface area contributed by atoms with Crippen molar-refractivity contribution in [1.82, 2.24) is 5.48 Å². The molecule has 22 heavy (non-hydrogen) atoms. The molecule has 0 spiro atoms. The number of rotatable bonds is 7. The Morgan fingerprint density at radius 1 is 1.32 bits per heavy atom. The van der Waals surface area contributed by atoms with Gasteiger partial charge in [-0.15, -0.1) is 0 Å². The summed E-state index contributed by atoms with van der Waals surface area (Å²) in [6.45, 7) is 4.78. The zero-order chi connectivity index (χ0) is 15.9. The summed E-state index contributed by atoms with van der Waals surface area (Å²) in [4.78, 5) is 11.4. The Hall–Kier alpha value is -2.07. The van der Waals surface area contributed by atoms with Crippen molar-refractivity contribution in [3.05, 3.63) is 42.0 Å². The number of carbonyl (C=O) groups excluding carboxylic acids is 1. The highest BCUT2D eigenvalue weighted by atomic mass is 16.5. The lowest BCUT2D eigenvalue weighted by Crippen LogP contribution is -2.20. The topological polar surface area (TPSA) is 58.6 Å². The molecule has 0 aromatic rings. The molecule has 4 nitrogen and oxygen atoms in total. The van der Waals surface area contributed by atoms with Crippen molar-refractivity contribution in [3.8, 4) is 16.9 Å². The highest BCUT2D eigenvalue weighted by Crippen LogP contribution is 2.34. The first-order chi connectivity index (χ1) is 10.7. The molecule has 4 heteroatoms. The maximum atomic E-state index is 11.4. The Kier molecular flexibility index (Phi) is 5.78. The zero-order valence-electron chi connectivity index (χ0n) is 13.1. The van der Waals surface area contributed by atoms with Crippen LogP contribution in [0.25, 0.3) is 11.1 Å². The number of nitrogens with one attached hydrogen (secondary N) is 1. The summed E-state index contributed by atoms with van der Waals surface area (Å²) in [6, 6.07) is 12.2. The molecule has 1 unspecified atom stereocenters. The monoisotopic (exact) mass is 301 g/mol. The van der Waals surface area contributed by atoms with Crippen LogP contribution < -0.4 is 10.2 Å². The van der Waals surface area contributed by atoms with Gasteiger partial charge in [0.15, 0.2) is 0 Å². The van der Waals surface area contributed by atoms with Crippen LogP contribution in [0.2, 0.25) is 0 Å². The molecule has 2 aliphatic carbocycles. The van der Waals surface area contributed by atoms with Gasteiger partial charge in [0.05, 0.1) is 6.61 Å². The minimum Gasteiger partial charge on any atom is -0.493 e. The van der Waals surface area contributed by atoms with Gasteiger partial charge in [-0.1, -0.05) is 50.6 Å². The number of unbranched alkanes of at least 4 members (excludes halogenated alkanes) is 1. The summed E-state index contributed by atoms with van der Waals surface area (Å²) < 4.78 is 5.95. The fourth-order valence-corrected chi connectivity index (χ4v) is 2.46. The Balaban J connectivity index is 2.30. The first-order valence-electron chi connectivity index (χ1n) is 7.74. The van der Waals surface area contributed by atoms with Gasteiger partial charge in [0, 0.05) is 12.0 Å². The molecule has 0 heterocycles. The second-order valence-electron chi connectivity index (χ2n) is 5.58. The van der Waals surface area contributed by atoms with Crippen molar-refractivity contribution >= 4 is 5.91 Å². The van der Waals surface area contributed by atoms with Crippen molar-refractivity contribution < 1.29 is 14.7 Å². The van der Waals surface area contributed by atoms with Crippen LogP contribution in [0.4, 0.5) is 0 Å². The molecule has 0 aromatic heterocycles. The Bertz CT molecular complexity index is 597. The molecular formula is C18H23NO3. The predicted molar refractivity (Wildman–Crippen MR) is 86.4 cm³/mol. The van der Waals surface area contributed by atoms with Gasteiger partial charge in [-0.3, -0.25) is 10.0 Å². The Morgan fingerprint density at radius 3 is 2.86 bits per heavy atom. The zero-order valence-corrected chi connectivity index (χ0v) is 13.1. The van der Waals surface area contributed by atoms with E-state index >= 15 is 0 Å². The standard InChI is InChI=1S/C18H23NO3/c1-3-4-10-22-17-12-15(13(2)11-18(20)19-21)9-8-14-6-5-7-16(14)17/h5-9,12-13,21H,3-4,10-11H2,1-2H3,(H,19,20). The van der Waals surface area contributed by atoms with Crippen LogP contribution in [0.5, 0.6) is 5.75 Å². The highest BCUT2D eigenvalue weighted by molar-refractivity contribution is 5.76. The van der Waals surface area contributed by atoms with Crippen LogP contribution in [0.3, 0.4) is 0 Å². The van der Waals surface area contributed by atoms with Crippen molar-refractivity contribution in [2.75, 3.05) is 6.61 Å². The van der Waals surface area contributed by atoms with E-state index in [0.717, 1.165) is 35.3 Å². The Labute approximate surface area is 131 Å². The van der Waals surface area contributed by atoms with E-state index in [4.69, 9.17) is 9.94 Å². The lowest BCUT2D eigenvalue weighted by Gasteiger charge is -2.11. The smallest absolute Gasteiger partial charge is 0.243 e. The van der Waals surface area contributed by atoms with Gasteiger partial charge in [0.25, 0.3) is 0 Å². The van der Waals surface area contributed by atoms with Gasteiger partial charge in [-0.25, -0.2) is 5.48 Å². The van der Waals surface area contributed by atoms with Crippen LogP contribution >= 0.6 is 0 Å². The van der Waals surface area contributed by atoms with E-state index in [9.17, 15) is 4.79 Å². The maximum absolute atomic E-state index is 11.4. The molecule has 1 atom stereocenters. The summed E-state index contributed by atoms with van der Waals surface area (Å²) >= 11 is 0. The van der Waals surface area contributed by atoms with Crippen LogP contribution in [-0.4, -0.2) is 17.7 Å².